The van der Waals surface area contributed by atoms with Crippen molar-refractivity contribution in [2.45, 2.75) is 55.1 Å². The van der Waals surface area contributed by atoms with E-state index in [1.54, 1.807) is 6.92 Å². The fraction of sp³-hybridized carbons (Fsp3) is 0.471. The molecule has 1 aromatic carbocycles. The molecule has 0 aliphatic heterocycles. The second-order valence-corrected chi connectivity index (χ2v) is 7.62. The van der Waals surface area contributed by atoms with Crippen molar-refractivity contribution in [2.24, 2.45) is 0 Å². The number of anilines is 1. The summed E-state index contributed by atoms with van der Waals surface area (Å²) in [5, 5.41) is 9.72. The number of carbonyl (C=O) groups excluding carboxylic acids is 1. The summed E-state index contributed by atoms with van der Waals surface area (Å²) in [4.78, 5) is 16.7. The molecule has 0 spiro atoms. The Morgan fingerprint density at radius 1 is 1.27 bits per heavy atom. The first-order valence-electron chi connectivity index (χ1n) is 8.40. The summed E-state index contributed by atoms with van der Waals surface area (Å²) in [5.74, 6) is 0.954. The van der Waals surface area contributed by atoms with Crippen molar-refractivity contribution >= 4 is 23.4 Å². The van der Waals surface area contributed by atoms with Gasteiger partial charge in [0.1, 0.15) is 5.82 Å². The molecule has 26 heavy (non-hydrogen) atoms. The van der Waals surface area contributed by atoms with Crippen molar-refractivity contribution in [3.05, 3.63) is 35.7 Å². The third-order valence-electron chi connectivity index (χ3n) is 4.36. The van der Waals surface area contributed by atoms with Gasteiger partial charge in [-0.3, -0.25) is 9.89 Å². The van der Waals surface area contributed by atoms with E-state index in [-0.39, 0.29) is 5.91 Å². The number of H-pyrrole nitrogens is 1. The van der Waals surface area contributed by atoms with Gasteiger partial charge in [-0.05, 0) is 44.0 Å². The van der Waals surface area contributed by atoms with Crippen molar-refractivity contribution in [3.63, 3.8) is 0 Å². The summed E-state index contributed by atoms with van der Waals surface area (Å²) in [6.45, 7) is 1.70. The summed E-state index contributed by atoms with van der Waals surface area (Å²) in [5.41, 5.74) is -0.435. The fourth-order valence-electron chi connectivity index (χ4n) is 2.89. The number of aromatic amines is 1. The van der Waals surface area contributed by atoms with Crippen molar-refractivity contribution in [1.82, 2.24) is 15.2 Å². The molecule has 1 saturated carbocycles. The van der Waals surface area contributed by atoms with Crippen LogP contribution in [-0.2, 0) is 11.0 Å². The van der Waals surface area contributed by atoms with Crippen molar-refractivity contribution in [3.8, 4) is 0 Å². The van der Waals surface area contributed by atoms with Gasteiger partial charge in [0.25, 0.3) is 0 Å². The minimum Gasteiger partial charge on any atom is -0.325 e. The molecule has 2 aromatic rings. The van der Waals surface area contributed by atoms with Gasteiger partial charge >= 0.3 is 6.18 Å². The second kappa shape index (κ2) is 7.69. The predicted octanol–water partition coefficient (Wildman–Crippen LogP) is 4.60. The van der Waals surface area contributed by atoms with Crippen LogP contribution in [0.15, 0.2) is 29.4 Å². The fourth-order valence-corrected chi connectivity index (χ4v) is 3.62. The normalized spacial score (nSPS) is 16.6. The first-order chi connectivity index (χ1) is 12.3. The SMILES string of the molecule is C[C@H](Sc1n[nH]c(C2CCCC2)n1)C(=O)Nc1ccc(C(F)(F)F)cc1. The standard InChI is InChI=1S/C17H19F3N4OS/c1-10(26-16-22-14(23-24-16)11-4-2-3-5-11)15(25)21-13-8-6-12(7-9-13)17(18,19)20/h6-11H,2-5H2,1H3,(H,21,25)(H,22,23,24)/t10-/m0/s1. The zero-order valence-corrected chi connectivity index (χ0v) is 15.0. The lowest BCUT2D eigenvalue weighted by Crippen LogP contribution is -2.22. The number of thioether (sulfide) groups is 1. The van der Waals surface area contributed by atoms with Gasteiger partial charge in [0, 0.05) is 11.6 Å². The first-order valence-corrected chi connectivity index (χ1v) is 9.28. The highest BCUT2D eigenvalue weighted by molar-refractivity contribution is 8.00. The van der Waals surface area contributed by atoms with E-state index >= 15 is 0 Å². The molecule has 2 N–H and O–H groups in total. The Hall–Kier alpha value is -2.03. The zero-order chi connectivity index (χ0) is 18.7. The molecular weight excluding hydrogens is 365 g/mol. The number of amides is 1. The number of hydrogen-bond donors (Lipinski definition) is 2. The van der Waals surface area contributed by atoms with Crippen LogP contribution < -0.4 is 5.32 Å². The number of nitrogens with zero attached hydrogens (tertiary/aromatic N) is 2. The summed E-state index contributed by atoms with van der Waals surface area (Å²) < 4.78 is 37.7. The zero-order valence-electron chi connectivity index (χ0n) is 14.1. The van der Waals surface area contributed by atoms with Crippen molar-refractivity contribution in [2.75, 3.05) is 5.32 Å². The summed E-state index contributed by atoms with van der Waals surface area (Å²) >= 11 is 1.21. The molecule has 140 valence electrons. The topological polar surface area (TPSA) is 70.7 Å². The van der Waals surface area contributed by atoms with Crippen LogP contribution in [0.2, 0.25) is 0 Å². The Labute approximate surface area is 153 Å². The van der Waals surface area contributed by atoms with E-state index in [2.05, 4.69) is 20.5 Å². The average Bonchev–Trinajstić information content (AvgIpc) is 3.25. The molecule has 1 aliphatic rings. The number of nitrogens with one attached hydrogen (secondary N) is 2. The molecule has 0 radical (unpaired) electrons. The Balaban J connectivity index is 1.56. The van der Waals surface area contributed by atoms with Gasteiger partial charge in [-0.1, -0.05) is 24.6 Å². The maximum absolute atomic E-state index is 12.6. The Morgan fingerprint density at radius 2 is 1.92 bits per heavy atom. The lowest BCUT2D eigenvalue weighted by Gasteiger charge is -2.11. The molecule has 1 fully saturated rings. The second-order valence-electron chi connectivity index (χ2n) is 6.31. The van der Waals surface area contributed by atoms with Crippen LogP contribution in [0.5, 0.6) is 0 Å². The van der Waals surface area contributed by atoms with E-state index in [4.69, 9.17) is 0 Å². The third kappa shape index (κ3) is 4.57. The number of hydrogen-bond acceptors (Lipinski definition) is 4. The lowest BCUT2D eigenvalue weighted by molar-refractivity contribution is -0.137. The van der Waals surface area contributed by atoms with Crippen LogP contribution >= 0.6 is 11.8 Å². The number of benzene rings is 1. The molecule has 1 aliphatic carbocycles. The maximum Gasteiger partial charge on any atom is 0.416 e. The summed E-state index contributed by atoms with van der Waals surface area (Å²) in [6, 6.07) is 4.36. The molecule has 9 heteroatoms. The van der Waals surface area contributed by atoms with Gasteiger partial charge in [-0.15, -0.1) is 5.10 Å². The highest BCUT2D eigenvalue weighted by atomic mass is 32.2. The van der Waals surface area contributed by atoms with Crippen LogP contribution in [-0.4, -0.2) is 26.3 Å². The van der Waals surface area contributed by atoms with Crippen LogP contribution in [0.3, 0.4) is 0 Å². The molecule has 1 aromatic heterocycles. The number of alkyl halides is 3. The molecular formula is C17H19F3N4OS. The third-order valence-corrected chi connectivity index (χ3v) is 5.32. The molecule has 5 nitrogen and oxygen atoms in total. The van der Waals surface area contributed by atoms with E-state index in [0.717, 1.165) is 30.8 Å². The lowest BCUT2D eigenvalue weighted by atomic mass is 10.1. The summed E-state index contributed by atoms with van der Waals surface area (Å²) in [6.07, 6.45) is 0.195. The van der Waals surface area contributed by atoms with Crippen molar-refractivity contribution in [1.29, 1.82) is 0 Å². The maximum atomic E-state index is 12.6. The van der Waals surface area contributed by atoms with Gasteiger partial charge in [0.15, 0.2) is 0 Å². The molecule has 1 heterocycles. The number of halogens is 3. The molecule has 1 atom stereocenters. The minimum absolute atomic E-state index is 0.317. The Kier molecular flexibility index (Phi) is 5.55. The van der Waals surface area contributed by atoms with E-state index in [1.807, 2.05) is 0 Å². The molecule has 3 rings (SSSR count). The van der Waals surface area contributed by atoms with E-state index in [9.17, 15) is 18.0 Å². The van der Waals surface area contributed by atoms with E-state index < -0.39 is 17.0 Å². The van der Waals surface area contributed by atoms with Crippen LogP contribution in [0, 0.1) is 0 Å². The number of rotatable bonds is 5. The predicted molar refractivity (Wildman–Crippen MR) is 93.0 cm³/mol. The molecule has 0 bridgehead atoms. The average molecular weight is 384 g/mol. The van der Waals surface area contributed by atoms with E-state index in [0.29, 0.717) is 16.8 Å². The quantitative estimate of drug-likeness (QED) is 0.739. The smallest absolute Gasteiger partial charge is 0.325 e. The molecule has 1 amide bonds. The van der Waals surface area contributed by atoms with Crippen LogP contribution in [0.4, 0.5) is 18.9 Å². The first kappa shape index (κ1) is 18.8. The molecule has 0 unspecified atom stereocenters. The van der Waals surface area contributed by atoms with Crippen molar-refractivity contribution < 1.29 is 18.0 Å². The largest absolute Gasteiger partial charge is 0.416 e. The summed E-state index contributed by atoms with van der Waals surface area (Å²) in [7, 11) is 0. The number of carbonyl (C=O) groups is 1. The number of aromatic nitrogens is 3. The van der Waals surface area contributed by atoms with Crippen LogP contribution in [0.1, 0.15) is 49.9 Å². The molecule has 0 saturated heterocycles. The van der Waals surface area contributed by atoms with Gasteiger partial charge in [-0.2, -0.15) is 13.2 Å². The van der Waals surface area contributed by atoms with Crippen LogP contribution in [0.25, 0.3) is 0 Å². The van der Waals surface area contributed by atoms with Gasteiger partial charge in [0.05, 0.1) is 10.8 Å². The Bertz CT molecular complexity index is 754. The highest BCUT2D eigenvalue weighted by Crippen LogP contribution is 2.33. The van der Waals surface area contributed by atoms with Gasteiger partial charge in [0.2, 0.25) is 11.1 Å². The highest BCUT2D eigenvalue weighted by Gasteiger charge is 2.30. The van der Waals surface area contributed by atoms with E-state index in [1.165, 1.54) is 36.7 Å². The minimum atomic E-state index is -4.39. The van der Waals surface area contributed by atoms with Gasteiger partial charge in [-0.25, -0.2) is 4.98 Å². The monoisotopic (exact) mass is 384 g/mol. The van der Waals surface area contributed by atoms with Gasteiger partial charge < -0.3 is 5.32 Å². The Morgan fingerprint density at radius 3 is 2.54 bits per heavy atom.